The first kappa shape index (κ1) is 11.7. The fourth-order valence-electron chi connectivity index (χ4n) is 2.71. The van der Waals surface area contributed by atoms with Crippen molar-refractivity contribution in [1.82, 2.24) is 0 Å². The van der Waals surface area contributed by atoms with Crippen LogP contribution in [0.25, 0.3) is 0 Å². The first-order chi connectivity index (χ1) is 7.86. The van der Waals surface area contributed by atoms with Gasteiger partial charge in [-0.2, -0.15) is 0 Å². The first-order valence-corrected chi connectivity index (χ1v) is 6.74. The third-order valence-corrected chi connectivity index (χ3v) is 3.87. The molecule has 2 N–H and O–H groups in total. The molecule has 0 unspecified atom stereocenters. The number of hydrogen-bond acceptors (Lipinski definition) is 0. The van der Waals surface area contributed by atoms with E-state index in [2.05, 4.69) is 42.6 Å². The molecule has 1 fully saturated rings. The molecule has 1 aromatic carbocycles. The molecule has 1 saturated carbocycles. The molecular weight excluding hydrogens is 194 g/mol. The molecule has 1 atom stereocenters. The quantitative estimate of drug-likeness (QED) is 0.800. The van der Waals surface area contributed by atoms with E-state index in [4.69, 9.17) is 0 Å². The summed E-state index contributed by atoms with van der Waals surface area (Å²) in [5.74, 6) is 0.972. The van der Waals surface area contributed by atoms with Crippen molar-refractivity contribution < 1.29 is 5.32 Å². The van der Waals surface area contributed by atoms with Gasteiger partial charge in [0.15, 0.2) is 0 Å². The summed E-state index contributed by atoms with van der Waals surface area (Å²) >= 11 is 0. The second-order valence-corrected chi connectivity index (χ2v) is 5.17. The van der Waals surface area contributed by atoms with E-state index >= 15 is 0 Å². The Morgan fingerprint density at radius 1 is 1.12 bits per heavy atom. The molecule has 0 bridgehead atoms. The number of quaternary nitrogens is 1. The van der Waals surface area contributed by atoms with Crippen LogP contribution in [0.5, 0.6) is 0 Å². The van der Waals surface area contributed by atoms with Gasteiger partial charge in [0, 0.05) is 11.5 Å². The van der Waals surface area contributed by atoms with Gasteiger partial charge in [0.05, 0.1) is 6.54 Å². The Labute approximate surface area is 99.3 Å². The average molecular weight is 218 g/mol. The van der Waals surface area contributed by atoms with Gasteiger partial charge in [0.2, 0.25) is 0 Å². The van der Waals surface area contributed by atoms with Gasteiger partial charge >= 0.3 is 0 Å². The standard InChI is InChI=1S/C15H23N/c1-13(15-10-6-3-7-11-15)16-12-14-8-4-2-5-9-14/h3,6-7,10-11,13-14,16H,2,4-5,8-9,12H2,1H3/p+1/t13-/m1/s1. The Balaban J connectivity index is 1.77. The Morgan fingerprint density at radius 3 is 2.50 bits per heavy atom. The van der Waals surface area contributed by atoms with Gasteiger partial charge in [0.25, 0.3) is 0 Å². The highest BCUT2D eigenvalue weighted by Crippen LogP contribution is 2.22. The zero-order chi connectivity index (χ0) is 11.2. The molecule has 88 valence electrons. The molecule has 2 rings (SSSR count). The van der Waals surface area contributed by atoms with E-state index < -0.39 is 0 Å². The van der Waals surface area contributed by atoms with Crippen LogP contribution in [0.3, 0.4) is 0 Å². The number of hydrogen-bond donors (Lipinski definition) is 1. The monoisotopic (exact) mass is 218 g/mol. The largest absolute Gasteiger partial charge is 0.340 e. The second-order valence-electron chi connectivity index (χ2n) is 5.17. The molecule has 1 nitrogen and oxygen atoms in total. The van der Waals surface area contributed by atoms with Crippen molar-refractivity contribution >= 4 is 0 Å². The highest BCUT2D eigenvalue weighted by atomic mass is 14.9. The first-order valence-electron chi connectivity index (χ1n) is 6.74. The van der Waals surface area contributed by atoms with Gasteiger partial charge in [-0.1, -0.05) is 49.6 Å². The van der Waals surface area contributed by atoms with Crippen LogP contribution in [-0.2, 0) is 0 Å². The Hall–Kier alpha value is -0.820. The van der Waals surface area contributed by atoms with Crippen LogP contribution in [0, 0.1) is 5.92 Å². The van der Waals surface area contributed by atoms with E-state index in [1.54, 1.807) is 0 Å². The van der Waals surface area contributed by atoms with Crippen LogP contribution in [0.2, 0.25) is 0 Å². The molecule has 1 aliphatic carbocycles. The van der Waals surface area contributed by atoms with E-state index in [-0.39, 0.29) is 0 Å². The number of nitrogens with two attached hydrogens (primary N) is 1. The molecule has 1 aliphatic rings. The lowest BCUT2D eigenvalue weighted by Crippen LogP contribution is -2.86. The Bertz CT molecular complexity index is 288. The minimum absolute atomic E-state index is 0.614. The molecule has 0 aliphatic heterocycles. The van der Waals surface area contributed by atoms with Crippen molar-refractivity contribution in [3.8, 4) is 0 Å². The van der Waals surface area contributed by atoms with E-state index in [1.807, 2.05) is 0 Å². The molecular formula is C15H24N+. The molecule has 16 heavy (non-hydrogen) atoms. The third-order valence-electron chi connectivity index (χ3n) is 3.87. The van der Waals surface area contributed by atoms with Gasteiger partial charge in [-0.05, 0) is 19.8 Å². The van der Waals surface area contributed by atoms with Crippen molar-refractivity contribution in [3.05, 3.63) is 35.9 Å². The summed E-state index contributed by atoms with van der Waals surface area (Å²) in [5, 5.41) is 2.52. The van der Waals surface area contributed by atoms with Crippen molar-refractivity contribution in [2.45, 2.75) is 45.1 Å². The summed E-state index contributed by atoms with van der Waals surface area (Å²) in [5.41, 5.74) is 1.46. The molecule has 0 amide bonds. The summed E-state index contributed by atoms with van der Waals surface area (Å²) in [7, 11) is 0. The SMILES string of the molecule is C[C@@H]([NH2+]CC1CCCCC1)c1ccccc1. The minimum atomic E-state index is 0.614. The molecule has 0 aromatic heterocycles. The zero-order valence-corrected chi connectivity index (χ0v) is 10.4. The fourth-order valence-corrected chi connectivity index (χ4v) is 2.71. The maximum absolute atomic E-state index is 2.52. The van der Waals surface area contributed by atoms with Gasteiger partial charge in [-0.25, -0.2) is 0 Å². The second kappa shape index (κ2) is 6.05. The Morgan fingerprint density at radius 2 is 1.81 bits per heavy atom. The molecule has 1 aromatic rings. The van der Waals surface area contributed by atoms with Crippen LogP contribution in [0.15, 0.2) is 30.3 Å². The molecule has 0 heterocycles. The lowest BCUT2D eigenvalue weighted by Gasteiger charge is -2.21. The predicted molar refractivity (Wildman–Crippen MR) is 68.2 cm³/mol. The van der Waals surface area contributed by atoms with Crippen LogP contribution in [0.4, 0.5) is 0 Å². The van der Waals surface area contributed by atoms with Crippen LogP contribution >= 0.6 is 0 Å². The van der Waals surface area contributed by atoms with Crippen LogP contribution < -0.4 is 5.32 Å². The number of rotatable bonds is 4. The average Bonchev–Trinajstić information content (AvgIpc) is 2.38. The van der Waals surface area contributed by atoms with Crippen molar-refractivity contribution in [2.24, 2.45) is 5.92 Å². The highest BCUT2D eigenvalue weighted by Gasteiger charge is 2.16. The van der Waals surface area contributed by atoms with Crippen LogP contribution in [-0.4, -0.2) is 6.54 Å². The lowest BCUT2D eigenvalue weighted by molar-refractivity contribution is -0.698. The van der Waals surface area contributed by atoms with E-state index in [0.717, 1.165) is 5.92 Å². The summed E-state index contributed by atoms with van der Waals surface area (Å²) in [6.07, 6.45) is 7.29. The van der Waals surface area contributed by atoms with E-state index in [0.29, 0.717) is 6.04 Å². The van der Waals surface area contributed by atoms with Gasteiger partial charge < -0.3 is 5.32 Å². The molecule has 0 spiro atoms. The summed E-state index contributed by atoms with van der Waals surface area (Å²) in [6.45, 7) is 3.63. The molecule has 0 saturated heterocycles. The zero-order valence-electron chi connectivity index (χ0n) is 10.4. The maximum atomic E-state index is 2.52. The normalized spacial score (nSPS) is 19.6. The van der Waals surface area contributed by atoms with Crippen molar-refractivity contribution in [1.29, 1.82) is 0 Å². The molecule has 1 heteroatoms. The van der Waals surface area contributed by atoms with Crippen molar-refractivity contribution in [2.75, 3.05) is 6.54 Å². The van der Waals surface area contributed by atoms with E-state index in [1.165, 1.54) is 44.2 Å². The van der Waals surface area contributed by atoms with E-state index in [9.17, 15) is 0 Å². The predicted octanol–water partition coefficient (Wildman–Crippen LogP) is 2.89. The third kappa shape index (κ3) is 3.34. The van der Waals surface area contributed by atoms with Crippen molar-refractivity contribution in [3.63, 3.8) is 0 Å². The summed E-state index contributed by atoms with van der Waals surface area (Å²) in [4.78, 5) is 0. The summed E-state index contributed by atoms with van der Waals surface area (Å²) in [6, 6.07) is 11.5. The summed E-state index contributed by atoms with van der Waals surface area (Å²) < 4.78 is 0. The maximum Gasteiger partial charge on any atom is 0.109 e. The van der Waals surface area contributed by atoms with Crippen LogP contribution in [0.1, 0.15) is 50.6 Å². The fraction of sp³-hybridized carbons (Fsp3) is 0.600. The lowest BCUT2D eigenvalue weighted by atomic mass is 9.89. The van der Waals surface area contributed by atoms with Gasteiger partial charge in [-0.15, -0.1) is 0 Å². The molecule has 0 radical (unpaired) electrons. The van der Waals surface area contributed by atoms with Gasteiger partial charge in [0.1, 0.15) is 6.04 Å². The van der Waals surface area contributed by atoms with Gasteiger partial charge in [-0.3, -0.25) is 0 Å². The topological polar surface area (TPSA) is 16.6 Å². The smallest absolute Gasteiger partial charge is 0.109 e. The highest BCUT2D eigenvalue weighted by molar-refractivity contribution is 5.16. The Kier molecular flexibility index (Phi) is 4.41. The number of benzene rings is 1. The minimum Gasteiger partial charge on any atom is -0.340 e.